The predicted octanol–water partition coefficient (Wildman–Crippen LogP) is 3.34. The van der Waals surface area contributed by atoms with Crippen LogP contribution >= 0.6 is 11.3 Å². The predicted molar refractivity (Wildman–Crippen MR) is 116 cm³/mol. The van der Waals surface area contributed by atoms with Crippen LogP contribution in [0, 0.1) is 19.8 Å². The fourth-order valence-corrected chi connectivity index (χ4v) is 4.93. The van der Waals surface area contributed by atoms with E-state index >= 15 is 0 Å². The number of likely N-dealkylation sites (tertiary alicyclic amines) is 2. The van der Waals surface area contributed by atoms with Crippen LogP contribution in [0.1, 0.15) is 48.0 Å². The third-order valence-electron chi connectivity index (χ3n) is 5.89. The molecule has 2 fully saturated rings. The molecule has 2 saturated heterocycles. The Balaban J connectivity index is 1.45. The zero-order valence-electron chi connectivity index (χ0n) is 17.5. The van der Waals surface area contributed by atoms with Crippen molar-refractivity contribution in [2.45, 2.75) is 45.4 Å². The lowest BCUT2D eigenvalue weighted by Gasteiger charge is -2.36. The molecule has 29 heavy (non-hydrogen) atoms. The number of carbonyl (C=O) groups excluding carboxylic acids is 1. The van der Waals surface area contributed by atoms with Crippen LogP contribution in [0.4, 0.5) is 10.9 Å². The van der Waals surface area contributed by atoms with E-state index in [2.05, 4.69) is 27.1 Å². The van der Waals surface area contributed by atoms with E-state index in [1.54, 1.807) is 11.3 Å². The molecular formula is C21H30N6OS. The van der Waals surface area contributed by atoms with Gasteiger partial charge in [-0.15, -0.1) is 11.3 Å². The molecule has 1 amide bonds. The lowest BCUT2D eigenvalue weighted by Crippen LogP contribution is -2.45. The molecule has 1 N–H and O–H groups in total. The Morgan fingerprint density at radius 2 is 1.97 bits per heavy atom. The first-order chi connectivity index (χ1) is 14.0. The first-order valence-corrected chi connectivity index (χ1v) is 11.3. The molecule has 1 unspecified atom stereocenters. The third kappa shape index (κ3) is 4.93. The molecule has 0 bridgehead atoms. The SMILES string of the molecule is Cc1cc(Nc2ncc(C)s2)nc(C2CCCN(C(=O)C3CCN(C)CC3)C2)n1. The van der Waals surface area contributed by atoms with Crippen LogP contribution in [-0.2, 0) is 4.79 Å². The van der Waals surface area contributed by atoms with Crippen molar-refractivity contribution in [2.75, 3.05) is 38.5 Å². The number of nitrogens with one attached hydrogen (secondary N) is 1. The third-order valence-corrected chi connectivity index (χ3v) is 6.72. The lowest BCUT2D eigenvalue weighted by atomic mass is 9.92. The summed E-state index contributed by atoms with van der Waals surface area (Å²) in [6.45, 7) is 7.65. The lowest BCUT2D eigenvalue weighted by molar-refractivity contribution is -0.138. The second-order valence-corrected chi connectivity index (χ2v) is 9.59. The van der Waals surface area contributed by atoms with Gasteiger partial charge in [0.15, 0.2) is 5.13 Å². The van der Waals surface area contributed by atoms with Crippen molar-refractivity contribution < 1.29 is 4.79 Å². The standard InChI is InChI=1S/C21H30N6OS/c1-14-11-18(25-21-22-12-15(2)29-21)24-19(23-14)17-5-4-8-27(13-17)20(28)16-6-9-26(3)10-7-16/h11-12,16-17H,4-10,13H2,1-3H3,(H,22,23,24,25). The van der Waals surface area contributed by atoms with Gasteiger partial charge in [0.1, 0.15) is 11.6 Å². The largest absolute Gasteiger partial charge is 0.342 e. The Kier molecular flexibility index (Phi) is 6.10. The van der Waals surface area contributed by atoms with Gasteiger partial charge >= 0.3 is 0 Å². The number of nitrogens with zero attached hydrogens (tertiary/aromatic N) is 5. The summed E-state index contributed by atoms with van der Waals surface area (Å²) in [5, 5.41) is 4.15. The molecule has 0 spiro atoms. The minimum atomic E-state index is 0.175. The topological polar surface area (TPSA) is 74.2 Å². The Bertz CT molecular complexity index is 861. The highest BCUT2D eigenvalue weighted by Gasteiger charge is 2.32. The number of hydrogen-bond donors (Lipinski definition) is 1. The van der Waals surface area contributed by atoms with Gasteiger partial charge in [0, 0.05) is 47.8 Å². The second-order valence-electron chi connectivity index (χ2n) is 8.35. The van der Waals surface area contributed by atoms with Crippen LogP contribution in [0.25, 0.3) is 0 Å². The summed E-state index contributed by atoms with van der Waals surface area (Å²) in [5.41, 5.74) is 0.935. The van der Waals surface area contributed by atoms with Gasteiger partial charge in [-0.1, -0.05) is 0 Å². The van der Waals surface area contributed by atoms with E-state index in [1.807, 2.05) is 26.1 Å². The van der Waals surface area contributed by atoms with Crippen LogP contribution < -0.4 is 5.32 Å². The summed E-state index contributed by atoms with van der Waals surface area (Å²) in [6, 6.07) is 1.95. The molecule has 0 radical (unpaired) electrons. The van der Waals surface area contributed by atoms with E-state index in [-0.39, 0.29) is 11.8 Å². The summed E-state index contributed by atoms with van der Waals surface area (Å²) in [6.07, 6.45) is 5.83. The second kappa shape index (κ2) is 8.75. The summed E-state index contributed by atoms with van der Waals surface area (Å²) in [7, 11) is 2.13. The smallest absolute Gasteiger partial charge is 0.225 e. The Morgan fingerprint density at radius 3 is 2.69 bits per heavy atom. The monoisotopic (exact) mass is 414 g/mol. The molecule has 4 rings (SSSR count). The van der Waals surface area contributed by atoms with Crippen LogP contribution in [-0.4, -0.2) is 63.9 Å². The van der Waals surface area contributed by atoms with E-state index in [4.69, 9.17) is 9.97 Å². The number of aryl methyl sites for hydroxylation is 2. The normalized spacial score (nSPS) is 21.3. The fourth-order valence-electron chi connectivity index (χ4n) is 4.26. The van der Waals surface area contributed by atoms with Crippen molar-refractivity contribution in [1.82, 2.24) is 24.8 Å². The van der Waals surface area contributed by atoms with Crippen molar-refractivity contribution in [3.8, 4) is 0 Å². The molecule has 8 heteroatoms. The number of aromatic nitrogens is 3. The van der Waals surface area contributed by atoms with Gasteiger partial charge in [0.2, 0.25) is 5.91 Å². The molecule has 0 aliphatic carbocycles. The van der Waals surface area contributed by atoms with Gasteiger partial charge in [-0.2, -0.15) is 0 Å². The molecule has 4 heterocycles. The van der Waals surface area contributed by atoms with E-state index in [0.717, 1.165) is 79.2 Å². The Labute approximate surface area is 176 Å². The highest BCUT2D eigenvalue weighted by molar-refractivity contribution is 7.15. The number of carbonyl (C=O) groups is 1. The maximum Gasteiger partial charge on any atom is 0.225 e. The Morgan fingerprint density at radius 1 is 1.17 bits per heavy atom. The zero-order valence-corrected chi connectivity index (χ0v) is 18.3. The minimum Gasteiger partial charge on any atom is -0.342 e. The molecule has 0 saturated carbocycles. The van der Waals surface area contributed by atoms with E-state index < -0.39 is 0 Å². The maximum absolute atomic E-state index is 13.1. The molecule has 7 nitrogen and oxygen atoms in total. The van der Waals surface area contributed by atoms with Crippen molar-refractivity contribution in [1.29, 1.82) is 0 Å². The van der Waals surface area contributed by atoms with Gasteiger partial charge < -0.3 is 15.1 Å². The number of anilines is 2. The number of amides is 1. The maximum atomic E-state index is 13.1. The van der Waals surface area contributed by atoms with Crippen LogP contribution in [0.15, 0.2) is 12.3 Å². The molecule has 156 valence electrons. The summed E-state index contributed by atoms with van der Waals surface area (Å²) in [4.78, 5) is 32.4. The van der Waals surface area contributed by atoms with E-state index in [9.17, 15) is 4.79 Å². The van der Waals surface area contributed by atoms with Crippen LogP contribution in [0.5, 0.6) is 0 Å². The molecular weight excluding hydrogens is 384 g/mol. The van der Waals surface area contributed by atoms with E-state index in [0.29, 0.717) is 5.91 Å². The van der Waals surface area contributed by atoms with Crippen molar-refractivity contribution in [3.05, 3.63) is 28.7 Å². The van der Waals surface area contributed by atoms with Gasteiger partial charge in [-0.3, -0.25) is 4.79 Å². The first kappa shape index (κ1) is 20.2. The number of rotatable bonds is 4. The number of thiazole rings is 1. The van der Waals surface area contributed by atoms with Gasteiger partial charge in [0.25, 0.3) is 0 Å². The van der Waals surface area contributed by atoms with Crippen LogP contribution in [0.3, 0.4) is 0 Å². The first-order valence-electron chi connectivity index (χ1n) is 10.5. The Hall–Kier alpha value is -2.06. The van der Waals surface area contributed by atoms with Crippen molar-refractivity contribution >= 4 is 28.2 Å². The van der Waals surface area contributed by atoms with Crippen molar-refractivity contribution in [2.24, 2.45) is 5.92 Å². The average molecular weight is 415 g/mol. The fraction of sp³-hybridized carbons (Fsp3) is 0.619. The highest BCUT2D eigenvalue weighted by Crippen LogP contribution is 2.29. The number of piperidine rings is 2. The quantitative estimate of drug-likeness (QED) is 0.827. The highest BCUT2D eigenvalue weighted by atomic mass is 32.1. The van der Waals surface area contributed by atoms with Gasteiger partial charge in [-0.25, -0.2) is 15.0 Å². The molecule has 2 aliphatic heterocycles. The van der Waals surface area contributed by atoms with Crippen molar-refractivity contribution in [3.63, 3.8) is 0 Å². The molecule has 2 aromatic heterocycles. The van der Waals surface area contributed by atoms with Gasteiger partial charge in [-0.05, 0) is 59.7 Å². The van der Waals surface area contributed by atoms with Gasteiger partial charge in [0.05, 0.1) is 0 Å². The average Bonchev–Trinajstić information content (AvgIpc) is 3.12. The molecule has 2 aliphatic rings. The summed E-state index contributed by atoms with van der Waals surface area (Å²) in [5.74, 6) is 2.31. The summed E-state index contributed by atoms with van der Waals surface area (Å²) < 4.78 is 0. The van der Waals surface area contributed by atoms with E-state index in [1.165, 1.54) is 0 Å². The van der Waals surface area contributed by atoms with Crippen LogP contribution in [0.2, 0.25) is 0 Å². The molecule has 1 atom stereocenters. The molecule has 2 aromatic rings. The molecule has 0 aromatic carbocycles. The minimum absolute atomic E-state index is 0.175. The zero-order chi connectivity index (χ0) is 20.4. The number of hydrogen-bond acceptors (Lipinski definition) is 7. The summed E-state index contributed by atoms with van der Waals surface area (Å²) >= 11 is 1.61.